The van der Waals surface area contributed by atoms with Crippen LogP contribution < -0.4 is 0 Å². The number of benzene rings is 2. The third-order valence-corrected chi connectivity index (χ3v) is 6.41. The first kappa shape index (κ1) is 21.9. The smallest absolute Gasteiger partial charge is 0.660 e. The molecule has 0 radical (unpaired) electrons. The van der Waals surface area contributed by atoms with E-state index in [2.05, 4.69) is 88.8 Å². The van der Waals surface area contributed by atoms with Crippen molar-refractivity contribution in [3.05, 3.63) is 130 Å². The summed E-state index contributed by atoms with van der Waals surface area (Å²) >= 11 is 5.43. The Balaban J connectivity index is 0.000000352. The normalized spacial score (nSPS) is 16.8. The van der Waals surface area contributed by atoms with Crippen LogP contribution in [0.5, 0.6) is 0 Å². The summed E-state index contributed by atoms with van der Waals surface area (Å²) in [6.45, 7) is 0. The Morgan fingerprint density at radius 3 is 2.24 bits per heavy atom. The zero-order valence-electron chi connectivity index (χ0n) is 15.7. The van der Waals surface area contributed by atoms with Crippen molar-refractivity contribution in [1.82, 2.24) is 0 Å². The Kier molecular flexibility index (Phi) is 8.14. The van der Waals surface area contributed by atoms with Gasteiger partial charge in [0.05, 0.1) is 0 Å². The zero-order valence-corrected chi connectivity index (χ0v) is 19.2. The van der Waals surface area contributed by atoms with E-state index in [1.807, 2.05) is 42.1 Å². The fraction of sp³-hybridized carbons (Fsp3) is 0.0800. The van der Waals surface area contributed by atoms with Crippen LogP contribution in [0.4, 0.5) is 5.69 Å². The number of hydrogen-bond acceptors (Lipinski definition) is 1. The monoisotopic (exact) mass is 501 g/mol. The molecule has 1 aliphatic heterocycles. The van der Waals surface area contributed by atoms with Crippen LogP contribution in [-0.2, 0) is 17.1 Å². The second kappa shape index (κ2) is 10.8. The minimum absolute atomic E-state index is 0. The van der Waals surface area contributed by atoms with Crippen LogP contribution in [0.3, 0.4) is 0 Å². The van der Waals surface area contributed by atoms with Crippen molar-refractivity contribution in [1.29, 1.82) is 0 Å². The fourth-order valence-electron chi connectivity index (χ4n) is 3.14. The van der Waals surface area contributed by atoms with E-state index >= 15 is 0 Å². The Bertz CT molecular complexity index is 972. The van der Waals surface area contributed by atoms with E-state index in [9.17, 15) is 0 Å². The summed E-state index contributed by atoms with van der Waals surface area (Å²) in [6.07, 6.45) is 9.39. The van der Waals surface area contributed by atoms with Crippen molar-refractivity contribution in [2.75, 3.05) is 0 Å². The molecular formula is C25H20BrFeNS. The first-order valence-electron chi connectivity index (χ1n) is 9.27. The minimum Gasteiger partial charge on any atom is -0.660 e. The summed E-state index contributed by atoms with van der Waals surface area (Å²) in [6, 6.07) is 27.1. The summed E-state index contributed by atoms with van der Waals surface area (Å²) in [5.41, 5.74) is 4.81. The van der Waals surface area contributed by atoms with Gasteiger partial charge in [-0.1, -0.05) is 70.6 Å². The Morgan fingerprint density at radius 1 is 0.897 bits per heavy atom. The summed E-state index contributed by atoms with van der Waals surface area (Å²) in [7, 11) is 0. The molecule has 0 aromatic heterocycles. The van der Waals surface area contributed by atoms with Gasteiger partial charge in [-0.25, -0.2) is 12.1 Å². The quantitative estimate of drug-likeness (QED) is 0.241. The van der Waals surface area contributed by atoms with Gasteiger partial charge in [0.15, 0.2) is 0 Å². The number of nitrogens with zero attached hydrogens (tertiary/aromatic N) is 1. The number of allylic oxidation sites excluding steroid dienone is 6. The number of thioether (sulfide) groups is 1. The zero-order chi connectivity index (χ0) is 19.2. The number of hydrogen-bond donors (Lipinski definition) is 0. The Morgan fingerprint density at radius 2 is 1.59 bits per heavy atom. The summed E-state index contributed by atoms with van der Waals surface area (Å²) in [5.74, 6) is 0. The van der Waals surface area contributed by atoms with Crippen LogP contribution in [0.2, 0.25) is 0 Å². The van der Waals surface area contributed by atoms with E-state index in [1.165, 1.54) is 21.7 Å². The summed E-state index contributed by atoms with van der Waals surface area (Å²) < 4.78 is 1.12. The van der Waals surface area contributed by atoms with E-state index in [0.717, 1.165) is 16.6 Å². The predicted octanol–water partition coefficient (Wildman–Crippen LogP) is 8.47. The van der Waals surface area contributed by atoms with Crippen LogP contribution in [0, 0.1) is 0 Å². The molecule has 146 valence electrons. The van der Waals surface area contributed by atoms with Crippen molar-refractivity contribution in [3.63, 3.8) is 0 Å². The molecule has 2 aliphatic rings. The molecule has 3 aromatic rings. The molecular weight excluding hydrogens is 482 g/mol. The van der Waals surface area contributed by atoms with E-state index in [0.29, 0.717) is 5.25 Å². The molecule has 1 heterocycles. The number of fused-ring (bicyclic) bond motifs is 1. The van der Waals surface area contributed by atoms with Crippen LogP contribution in [0.1, 0.15) is 17.2 Å². The number of halogens is 1. The second-order valence-electron chi connectivity index (χ2n) is 6.52. The molecule has 0 spiro atoms. The average Bonchev–Trinajstić information content (AvgIpc) is 3.43. The second-order valence-corrected chi connectivity index (χ2v) is 8.68. The van der Waals surface area contributed by atoms with Gasteiger partial charge in [-0.05, 0) is 40.7 Å². The summed E-state index contributed by atoms with van der Waals surface area (Å²) in [4.78, 5) is 1.25. The fourth-order valence-corrected chi connectivity index (χ4v) is 4.64. The summed E-state index contributed by atoms with van der Waals surface area (Å²) in [5, 5.41) is 5.34. The first-order chi connectivity index (χ1) is 13.8. The van der Waals surface area contributed by atoms with Crippen LogP contribution >= 0.6 is 27.7 Å². The van der Waals surface area contributed by atoms with Crippen molar-refractivity contribution in [2.45, 2.75) is 16.6 Å². The molecule has 0 bridgehead atoms. The standard InChI is InChI=1S/C20H15BrNS.C5H5.Fe/c21-16-11-9-15(10-12-16)20-13-18(14-5-1-2-6-14)22-17-7-3-4-8-19(17)23-20;1-2-4-5-3-1;/h1-12,20H,13H2;1-5H;/q2*-1;+2. The van der Waals surface area contributed by atoms with E-state index < -0.39 is 0 Å². The molecule has 1 unspecified atom stereocenters. The van der Waals surface area contributed by atoms with Crippen LogP contribution in [-0.4, -0.2) is 0 Å². The molecule has 1 nitrogen and oxygen atoms in total. The largest absolute Gasteiger partial charge is 2.00 e. The van der Waals surface area contributed by atoms with Crippen LogP contribution in [0.25, 0.3) is 5.32 Å². The van der Waals surface area contributed by atoms with Crippen LogP contribution in [0.15, 0.2) is 124 Å². The van der Waals surface area contributed by atoms with E-state index in [1.54, 1.807) is 0 Å². The van der Waals surface area contributed by atoms with E-state index in [4.69, 9.17) is 5.32 Å². The average molecular weight is 502 g/mol. The molecule has 0 amide bonds. The van der Waals surface area contributed by atoms with Gasteiger partial charge >= 0.3 is 17.1 Å². The van der Waals surface area contributed by atoms with Gasteiger partial charge in [-0.15, -0.1) is 17.4 Å². The predicted molar refractivity (Wildman–Crippen MR) is 124 cm³/mol. The topological polar surface area (TPSA) is 14.1 Å². The van der Waals surface area contributed by atoms with Crippen molar-refractivity contribution in [2.24, 2.45) is 0 Å². The molecule has 29 heavy (non-hydrogen) atoms. The molecule has 0 fully saturated rings. The third-order valence-electron chi connectivity index (χ3n) is 4.56. The molecule has 4 heteroatoms. The molecule has 1 atom stereocenters. The first-order valence-corrected chi connectivity index (χ1v) is 10.9. The van der Waals surface area contributed by atoms with Gasteiger partial charge in [0.2, 0.25) is 0 Å². The van der Waals surface area contributed by atoms with Gasteiger partial charge < -0.3 is 5.32 Å². The molecule has 5 rings (SSSR count). The molecule has 0 saturated heterocycles. The van der Waals surface area contributed by atoms with E-state index in [-0.39, 0.29) is 17.1 Å². The van der Waals surface area contributed by atoms with Gasteiger partial charge in [0.1, 0.15) is 0 Å². The maximum Gasteiger partial charge on any atom is 2.00 e. The Labute approximate surface area is 196 Å². The van der Waals surface area contributed by atoms with Crippen molar-refractivity contribution < 1.29 is 17.1 Å². The maximum absolute atomic E-state index is 4.96. The molecule has 3 aromatic carbocycles. The van der Waals surface area contributed by atoms with Gasteiger partial charge in [0.25, 0.3) is 0 Å². The van der Waals surface area contributed by atoms with Gasteiger partial charge in [0, 0.05) is 9.72 Å². The number of rotatable bonds is 1. The minimum atomic E-state index is 0. The third kappa shape index (κ3) is 5.83. The van der Waals surface area contributed by atoms with Crippen molar-refractivity contribution >= 4 is 33.4 Å². The van der Waals surface area contributed by atoms with Crippen molar-refractivity contribution in [3.8, 4) is 0 Å². The molecule has 1 aliphatic carbocycles. The molecule has 0 saturated carbocycles. The van der Waals surface area contributed by atoms with Gasteiger partial charge in [-0.3, -0.25) is 0 Å². The Hall–Kier alpha value is -1.84. The van der Waals surface area contributed by atoms with Gasteiger partial charge in [-0.2, -0.15) is 23.9 Å². The molecule has 0 N–H and O–H groups in total. The number of para-hydroxylation sites is 1. The maximum atomic E-state index is 4.96. The SMILES string of the molecule is Brc1ccc(C2CC(=C3C=CC=C3)[N-]c3ccccc3S2)cc1.[Fe+2].c1cc[cH-]c1.